The average molecular weight is 459 g/mol. The van der Waals surface area contributed by atoms with Crippen LogP contribution in [-0.2, 0) is 9.59 Å². The number of hydrazine groups is 1. The molecule has 0 aliphatic carbocycles. The predicted molar refractivity (Wildman–Crippen MR) is 129 cm³/mol. The van der Waals surface area contributed by atoms with Crippen molar-refractivity contribution in [3.05, 3.63) is 45.3 Å². The van der Waals surface area contributed by atoms with Crippen LogP contribution in [-0.4, -0.2) is 66.6 Å². The number of rotatable bonds is 8. The Hall–Kier alpha value is -2.53. The highest BCUT2D eigenvalue weighted by Gasteiger charge is 2.25. The van der Waals surface area contributed by atoms with E-state index in [0.717, 1.165) is 29.1 Å². The Morgan fingerprint density at radius 1 is 1.19 bits per heavy atom. The van der Waals surface area contributed by atoms with E-state index in [1.54, 1.807) is 12.3 Å². The number of likely N-dealkylation sites (N-methyl/N-ethyl adjacent to an activating group) is 2. The van der Waals surface area contributed by atoms with Gasteiger partial charge in [-0.15, -0.1) is 0 Å². The molecule has 31 heavy (non-hydrogen) atoms. The molecule has 0 bridgehead atoms. The summed E-state index contributed by atoms with van der Waals surface area (Å²) in [4.78, 5) is 36.3. The summed E-state index contributed by atoms with van der Waals surface area (Å²) in [7, 11) is 5.80. The van der Waals surface area contributed by atoms with Crippen LogP contribution in [0.4, 0.5) is 10.8 Å². The molecule has 2 aromatic rings. The second-order valence-electron chi connectivity index (χ2n) is 7.45. The van der Waals surface area contributed by atoms with Crippen LogP contribution in [0.25, 0.3) is 6.08 Å². The van der Waals surface area contributed by atoms with Crippen molar-refractivity contribution in [3.8, 4) is 0 Å². The first-order chi connectivity index (χ1) is 14.8. The van der Waals surface area contributed by atoms with E-state index < -0.39 is 0 Å². The summed E-state index contributed by atoms with van der Waals surface area (Å²) >= 11 is 2.64. The molecule has 1 saturated heterocycles. The van der Waals surface area contributed by atoms with Gasteiger partial charge in [0.2, 0.25) is 11.5 Å². The molecular formula is C21H26N6O2S2. The van der Waals surface area contributed by atoms with Crippen molar-refractivity contribution in [3.63, 3.8) is 0 Å². The molecule has 1 aromatic carbocycles. The third-order valence-corrected chi connectivity index (χ3v) is 6.39. The lowest BCUT2D eigenvalue weighted by Gasteiger charge is -2.26. The first kappa shape index (κ1) is 23.1. The zero-order valence-electron chi connectivity index (χ0n) is 18.2. The first-order valence-electron chi connectivity index (χ1n) is 9.70. The summed E-state index contributed by atoms with van der Waals surface area (Å²) < 4.78 is 0. The lowest BCUT2D eigenvalue weighted by Crippen LogP contribution is -2.42. The summed E-state index contributed by atoms with van der Waals surface area (Å²) in [6, 6.07) is 6.00. The van der Waals surface area contributed by atoms with Gasteiger partial charge >= 0.3 is 0 Å². The van der Waals surface area contributed by atoms with Gasteiger partial charge in [-0.05, 0) is 57.4 Å². The Kier molecular flexibility index (Phi) is 7.60. The van der Waals surface area contributed by atoms with Crippen molar-refractivity contribution in [2.75, 3.05) is 39.2 Å². The second kappa shape index (κ2) is 10.2. The molecule has 0 radical (unpaired) electrons. The van der Waals surface area contributed by atoms with Gasteiger partial charge < -0.3 is 10.2 Å². The molecule has 1 aliphatic rings. The molecule has 1 fully saturated rings. The van der Waals surface area contributed by atoms with Gasteiger partial charge in [-0.3, -0.25) is 9.59 Å². The SMILES string of the molecule is Cc1ccc(N=C2NC(=O)/C(=C/c3cnc(N(C=O)N(C)CCN(C)C)s3)S2)c(C)c1. The van der Waals surface area contributed by atoms with E-state index in [2.05, 4.69) is 21.4 Å². The van der Waals surface area contributed by atoms with Gasteiger partial charge in [0, 0.05) is 26.3 Å². The molecule has 164 valence electrons. The van der Waals surface area contributed by atoms with Crippen LogP contribution in [0, 0.1) is 13.8 Å². The number of aliphatic imine (C=N–C) groups is 1. The number of aromatic nitrogens is 1. The molecule has 0 unspecified atom stereocenters. The number of hydrogen-bond acceptors (Lipinski definition) is 8. The zero-order valence-corrected chi connectivity index (χ0v) is 19.9. The Morgan fingerprint density at radius 2 is 1.97 bits per heavy atom. The maximum Gasteiger partial charge on any atom is 0.264 e. The molecule has 2 amide bonds. The van der Waals surface area contributed by atoms with Gasteiger partial charge in [0.25, 0.3) is 5.91 Å². The van der Waals surface area contributed by atoms with E-state index in [1.807, 2.05) is 57.0 Å². The van der Waals surface area contributed by atoms with Gasteiger partial charge in [-0.2, -0.15) is 0 Å². The lowest BCUT2D eigenvalue weighted by atomic mass is 10.1. The van der Waals surface area contributed by atoms with Crippen LogP contribution in [0.1, 0.15) is 16.0 Å². The van der Waals surface area contributed by atoms with Crippen LogP contribution < -0.4 is 10.3 Å². The monoisotopic (exact) mass is 458 g/mol. The number of thiazole rings is 1. The van der Waals surface area contributed by atoms with Gasteiger partial charge in [-0.1, -0.05) is 29.0 Å². The summed E-state index contributed by atoms with van der Waals surface area (Å²) in [6.45, 7) is 5.52. The molecule has 2 heterocycles. The van der Waals surface area contributed by atoms with Crippen LogP contribution in [0.3, 0.4) is 0 Å². The quantitative estimate of drug-likeness (QED) is 0.372. The summed E-state index contributed by atoms with van der Waals surface area (Å²) in [5.41, 5.74) is 3.05. The Morgan fingerprint density at radius 3 is 2.65 bits per heavy atom. The van der Waals surface area contributed by atoms with E-state index in [1.165, 1.54) is 33.7 Å². The minimum Gasteiger partial charge on any atom is -0.308 e. The Bertz CT molecular complexity index is 1030. The normalized spacial score (nSPS) is 16.5. The van der Waals surface area contributed by atoms with Crippen molar-refractivity contribution in [2.24, 2.45) is 4.99 Å². The Balaban J connectivity index is 1.74. The van der Waals surface area contributed by atoms with Crippen molar-refractivity contribution in [1.29, 1.82) is 0 Å². The Labute approximate surface area is 190 Å². The number of amidine groups is 1. The number of nitrogens with zero attached hydrogens (tertiary/aromatic N) is 5. The van der Waals surface area contributed by atoms with Gasteiger partial charge in [0.1, 0.15) is 0 Å². The number of carbonyl (C=O) groups excluding carboxylic acids is 2. The number of amides is 2. The minimum absolute atomic E-state index is 0.196. The third kappa shape index (κ3) is 6.01. The molecule has 0 atom stereocenters. The van der Waals surface area contributed by atoms with Crippen LogP contribution in [0.15, 0.2) is 34.3 Å². The largest absolute Gasteiger partial charge is 0.308 e. The highest BCUT2D eigenvalue weighted by atomic mass is 32.2. The fraction of sp³-hybridized carbons (Fsp3) is 0.333. The smallest absolute Gasteiger partial charge is 0.264 e. The lowest BCUT2D eigenvalue weighted by molar-refractivity contribution is -0.115. The first-order valence-corrected chi connectivity index (χ1v) is 11.3. The highest BCUT2D eigenvalue weighted by molar-refractivity contribution is 8.18. The summed E-state index contributed by atoms with van der Waals surface area (Å²) in [5.74, 6) is -0.196. The van der Waals surface area contributed by atoms with Gasteiger partial charge in [0.05, 0.1) is 15.5 Å². The molecular weight excluding hydrogens is 432 g/mol. The molecule has 10 heteroatoms. The van der Waals surface area contributed by atoms with Crippen LogP contribution >= 0.6 is 23.1 Å². The number of aryl methyl sites for hydroxylation is 2. The standard InChI is InChI=1S/C21H26N6O2S2/c1-14-6-7-17(15(2)10-14)23-20-24-19(29)18(31-20)11-16-12-22-21(30-16)27(13-28)26(5)9-8-25(3)4/h6-7,10-13H,8-9H2,1-5H3,(H,23,24,29)/b18-11-. The second-order valence-corrected chi connectivity index (χ2v) is 9.52. The number of carbonyl (C=O) groups is 2. The van der Waals surface area contributed by atoms with Crippen molar-refractivity contribution in [1.82, 2.24) is 20.2 Å². The van der Waals surface area contributed by atoms with Crippen LogP contribution in [0.2, 0.25) is 0 Å². The third-order valence-electron chi connectivity index (χ3n) is 4.54. The fourth-order valence-corrected chi connectivity index (χ4v) is 4.60. The van der Waals surface area contributed by atoms with E-state index in [-0.39, 0.29) is 5.91 Å². The molecule has 0 spiro atoms. The number of anilines is 1. The number of hydrogen-bond donors (Lipinski definition) is 1. The fourth-order valence-electron chi connectivity index (χ4n) is 2.82. The van der Waals surface area contributed by atoms with E-state index in [4.69, 9.17) is 0 Å². The number of thioether (sulfide) groups is 1. The molecule has 8 nitrogen and oxygen atoms in total. The van der Waals surface area contributed by atoms with Crippen molar-refractivity contribution in [2.45, 2.75) is 13.8 Å². The minimum atomic E-state index is -0.196. The maximum absolute atomic E-state index is 12.4. The molecule has 1 aliphatic heterocycles. The average Bonchev–Trinajstić information content (AvgIpc) is 3.30. The van der Waals surface area contributed by atoms with E-state index >= 15 is 0 Å². The maximum atomic E-state index is 12.4. The molecule has 3 rings (SSSR count). The summed E-state index contributed by atoms with van der Waals surface area (Å²) in [5, 5.41) is 7.20. The van der Waals surface area contributed by atoms with Gasteiger partial charge in [0.15, 0.2) is 5.17 Å². The zero-order chi connectivity index (χ0) is 22.5. The predicted octanol–water partition coefficient (Wildman–Crippen LogP) is 3.02. The topological polar surface area (TPSA) is 81.1 Å². The molecule has 0 saturated carbocycles. The van der Waals surface area contributed by atoms with E-state index in [0.29, 0.717) is 21.7 Å². The summed E-state index contributed by atoms with van der Waals surface area (Å²) in [6.07, 6.45) is 4.18. The van der Waals surface area contributed by atoms with E-state index in [9.17, 15) is 9.59 Å². The number of benzene rings is 1. The van der Waals surface area contributed by atoms with Crippen molar-refractivity contribution < 1.29 is 9.59 Å². The van der Waals surface area contributed by atoms with Crippen LogP contribution in [0.5, 0.6) is 0 Å². The highest BCUT2D eigenvalue weighted by Crippen LogP contribution is 2.32. The van der Waals surface area contributed by atoms with Crippen molar-refractivity contribution >= 4 is 57.5 Å². The number of nitrogens with one attached hydrogen (secondary N) is 1. The molecule has 1 N–H and O–H groups in total. The molecule has 1 aromatic heterocycles. The van der Waals surface area contributed by atoms with Gasteiger partial charge in [-0.25, -0.2) is 20.0 Å².